The molecule has 2 aromatic heterocycles. The molecular formula is C11H11N3O2. The molecule has 2 aromatic rings. The molecule has 0 aliphatic rings. The van der Waals surface area contributed by atoms with Crippen molar-refractivity contribution in [2.24, 2.45) is 0 Å². The van der Waals surface area contributed by atoms with E-state index < -0.39 is 0 Å². The molecule has 0 fully saturated rings. The summed E-state index contributed by atoms with van der Waals surface area (Å²) in [5.74, 6) is -0.279. The number of hydrogen-bond donors (Lipinski definition) is 3. The summed E-state index contributed by atoms with van der Waals surface area (Å²) in [6, 6.07) is 3.25. The number of nitrogens with one attached hydrogen (secondary N) is 2. The summed E-state index contributed by atoms with van der Waals surface area (Å²) < 4.78 is 0. The first-order valence-corrected chi connectivity index (χ1v) is 4.79. The van der Waals surface area contributed by atoms with Crippen LogP contribution in [0.15, 0.2) is 36.9 Å². The van der Waals surface area contributed by atoms with Crippen LogP contribution in [-0.4, -0.2) is 21.0 Å². The Morgan fingerprint density at radius 3 is 3.06 bits per heavy atom. The number of carbonyl (C=O) groups is 1. The van der Waals surface area contributed by atoms with E-state index in [1.165, 1.54) is 18.5 Å². The van der Waals surface area contributed by atoms with Gasteiger partial charge < -0.3 is 15.4 Å². The van der Waals surface area contributed by atoms with Gasteiger partial charge in [-0.25, -0.2) is 0 Å². The van der Waals surface area contributed by atoms with E-state index in [2.05, 4.69) is 15.3 Å². The zero-order chi connectivity index (χ0) is 11.4. The first-order chi connectivity index (χ1) is 7.75. The Balaban J connectivity index is 1.98. The van der Waals surface area contributed by atoms with Gasteiger partial charge in [0.2, 0.25) is 0 Å². The summed E-state index contributed by atoms with van der Waals surface area (Å²) >= 11 is 0. The van der Waals surface area contributed by atoms with Crippen LogP contribution in [0, 0.1) is 0 Å². The van der Waals surface area contributed by atoms with E-state index in [4.69, 9.17) is 5.11 Å². The number of nitrogens with zero attached hydrogens (tertiary/aromatic N) is 1. The lowest BCUT2D eigenvalue weighted by Gasteiger charge is -2.03. The highest BCUT2D eigenvalue weighted by molar-refractivity contribution is 5.94. The van der Waals surface area contributed by atoms with Crippen LogP contribution in [0.1, 0.15) is 15.9 Å². The molecule has 0 aliphatic heterocycles. The number of rotatable bonds is 3. The van der Waals surface area contributed by atoms with Crippen molar-refractivity contribution in [3.8, 4) is 5.75 Å². The number of aromatic hydroxyl groups is 1. The van der Waals surface area contributed by atoms with Crippen LogP contribution < -0.4 is 5.32 Å². The lowest BCUT2D eigenvalue weighted by atomic mass is 10.2. The van der Waals surface area contributed by atoms with Crippen LogP contribution in [0.2, 0.25) is 0 Å². The molecule has 16 heavy (non-hydrogen) atoms. The third-order valence-corrected chi connectivity index (χ3v) is 2.10. The maximum absolute atomic E-state index is 11.6. The minimum Gasteiger partial charge on any atom is -0.506 e. The third kappa shape index (κ3) is 2.38. The van der Waals surface area contributed by atoms with Gasteiger partial charge >= 0.3 is 0 Å². The number of carbonyl (C=O) groups excluding carboxylic acids is 1. The van der Waals surface area contributed by atoms with Crippen LogP contribution in [-0.2, 0) is 6.54 Å². The molecular weight excluding hydrogens is 206 g/mol. The smallest absolute Gasteiger partial charge is 0.253 e. The average Bonchev–Trinajstić information content (AvgIpc) is 2.78. The molecule has 0 aliphatic carbocycles. The van der Waals surface area contributed by atoms with Crippen molar-refractivity contribution in [2.75, 3.05) is 0 Å². The van der Waals surface area contributed by atoms with E-state index in [0.717, 1.165) is 5.56 Å². The fourth-order valence-electron chi connectivity index (χ4n) is 1.30. The zero-order valence-electron chi connectivity index (χ0n) is 8.47. The van der Waals surface area contributed by atoms with Crippen LogP contribution in [0.3, 0.4) is 0 Å². The van der Waals surface area contributed by atoms with E-state index >= 15 is 0 Å². The summed E-state index contributed by atoms with van der Waals surface area (Å²) in [4.78, 5) is 18.3. The van der Waals surface area contributed by atoms with Crippen LogP contribution in [0.5, 0.6) is 5.75 Å². The number of H-pyrrole nitrogens is 1. The van der Waals surface area contributed by atoms with E-state index in [1.54, 1.807) is 12.4 Å². The lowest BCUT2D eigenvalue weighted by Crippen LogP contribution is -2.22. The number of aromatic nitrogens is 2. The van der Waals surface area contributed by atoms with E-state index in [-0.39, 0.29) is 11.7 Å². The molecule has 82 valence electrons. The molecule has 5 nitrogen and oxygen atoms in total. The fraction of sp³-hybridized carbons (Fsp3) is 0.0909. The standard InChI is InChI=1S/C11H11N3O2/c15-10-3-9(6-13-7-10)11(16)14-5-8-1-2-12-4-8/h1-4,6-7,12,15H,5H2,(H,14,16). The minimum absolute atomic E-state index is 0.0192. The van der Waals surface area contributed by atoms with Gasteiger partial charge in [-0.2, -0.15) is 0 Å². The van der Waals surface area contributed by atoms with Gasteiger partial charge in [-0.05, 0) is 17.7 Å². The van der Waals surface area contributed by atoms with Crippen molar-refractivity contribution in [1.82, 2.24) is 15.3 Å². The van der Waals surface area contributed by atoms with Gasteiger partial charge in [-0.15, -0.1) is 0 Å². The molecule has 0 aromatic carbocycles. The van der Waals surface area contributed by atoms with E-state index in [1.807, 2.05) is 6.07 Å². The Kier molecular flexibility index (Phi) is 2.86. The highest BCUT2D eigenvalue weighted by Crippen LogP contribution is 2.08. The van der Waals surface area contributed by atoms with E-state index in [0.29, 0.717) is 12.1 Å². The predicted octanol–water partition coefficient (Wildman–Crippen LogP) is 1.05. The monoisotopic (exact) mass is 217 g/mol. The molecule has 0 spiro atoms. The number of aromatic amines is 1. The minimum atomic E-state index is -0.260. The SMILES string of the molecule is O=C(NCc1cc[nH]c1)c1cncc(O)c1. The number of hydrogen-bond acceptors (Lipinski definition) is 3. The number of amides is 1. The Bertz CT molecular complexity index is 480. The maximum atomic E-state index is 11.6. The average molecular weight is 217 g/mol. The highest BCUT2D eigenvalue weighted by atomic mass is 16.3. The summed E-state index contributed by atoms with van der Waals surface area (Å²) in [7, 11) is 0. The summed E-state index contributed by atoms with van der Waals surface area (Å²) in [5.41, 5.74) is 1.33. The van der Waals surface area contributed by atoms with Gasteiger partial charge in [0.15, 0.2) is 0 Å². The second-order valence-electron chi connectivity index (χ2n) is 3.33. The van der Waals surface area contributed by atoms with Gasteiger partial charge in [0.1, 0.15) is 5.75 Å². The molecule has 0 unspecified atom stereocenters. The summed E-state index contributed by atoms with van der Waals surface area (Å²) in [6.45, 7) is 0.442. The maximum Gasteiger partial charge on any atom is 0.253 e. The first-order valence-electron chi connectivity index (χ1n) is 4.79. The largest absolute Gasteiger partial charge is 0.506 e. The van der Waals surface area contributed by atoms with Crippen LogP contribution >= 0.6 is 0 Å². The van der Waals surface area contributed by atoms with Crippen molar-refractivity contribution in [2.45, 2.75) is 6.54 Å². The van der Waals surface area contributed by atoms with Gasteiger partial charge in [-0.3, -0.25) is 9.78 Å². The fourth-order valence-corrected chi connectivity index (χ4v) is 1.30. The van der Waals surface area contributed by atoms with Crippen LogP contribution in [0.25, 0.3) is 0 Å². The topological polar surface area (TPSA) is 78.0 Å². The molecule has 2 heterocycles. The lowest BCUT2D eigenvalue weighted by molar-refractivity contribution is 0.0950. The molecule has 0 atom stereocenters. The molecule has 5 heteroatoms. The van der Waals surface area contributed by atoms with Gasteiger partial charge in [0.25, 0.3) is 5.91 Å². The van der Waals surface area contributed by atoms with Crippen molar-refractivity contribution >= 4 is 5.91 Å². The molecule has 0 bridgehead atoms. The molecule has 0 saturated heterocycles. The predicted molar refractivity (Wildman–Crippen MR) is 57.9 cm³/mol. The Morgan fingerprint density at radius 2 is 2.38 bits per heavy atom. The van der Waals surface area contributed by atoms with Crippen molar-refractivity contribution < 1.29 is 9.90 Å². The Morgan fingerprint density at radius 1 is 1.50 bits per heavy atom. The molecule has 2 rings (SSSR count). The van der Waals surface area contributed by atoms with Crippen molar-refractivity contribution in [3.63, 3.8) is 0 Å². The van der Waals surface area contributed by atoms with Gasteiger partial charge in [0.05, 0.1) is 11.8 Å². The van der Waals surface area contributed by atoms with Gasteiger partial charge in [0, 0.05) is 25.1 Å². The quantitative estimate of drug-likeness (QED) is 0.719. The normalized spacial score (nSPS) is 10.0. The third-order valence-electron chi connectivity index (χ3n) is 2.10. The summed E-state index contributed by atoms with van der Waals surface area (Å²) in [6.07, 6.45) is 6.29. The number of pyridine rings is 1. The Labute approximate surface area is 92.2 Å². The molecule has 3 N–H and O–H groups in total. The summed E-state index contributed by atoms with van der Waals surface area (Å²) in [5, 5.41) is 11.9. The Hall–Kier alpha value is -2.30. The molecule has 1 amide bonds. The second kappa shape index (κ2) is 4.48. The molecule has 0 radical (unpaired) electrons. The van der Waals surface area contributed by atoms with Crippen molar-refractivity contribution in [1.29, 1.82) is 0 Å². The van der Waals surface area contributed by atoms with E-state index in [9.17, 15) is 4.79 Å². The zero-order valence-corrected chi connectivity index (χ0v) is 8.47. The first kappa shape index (κ1) is 10.2. The van der Waals surface area contributed by atoms with Gasteiger partial charge in [-0.1, -0.05) is 0 Å². The second-order valence-corrected chi connectivity index (χ2v) is 3.33. The molecule has 0 saturated carbocycles. The highest BCUT2D eigenvalue weighted by Gasteiger charge is 2.06. The van der Waals surface area contributed by atoms with Crippen LogP contribution in [0.4, 0.5) is 0 Å². The van der Waals surface area contributed by atoms with Crippen molar-refractivity contribution in [3.05, 3.63) is 48.0 Å².